The molecule has 27 heavy (non-hydrogen) atoms. The van der Waals surface area contributed by atoms with Gasteiger partial charge < -0.3 is 25.0 Å². The molecule has 0 saturated carbocycles. The molecule has 0 aromatic carbocycles. The van der Waals surface area contributed by atoms with Crippen LogP contribution in [0, 0.1) is 0 Å². The monoisotopic (exact) mass is 392 g/mol. The predicted molar refractivity (Wildman–Crippen MR) is 103 cm³/mol. The van der Waals surface area contributed by atoms with Crippen LogP contribution in [0.15, 0.2) is 12.4 Å². The van der Waals surface area contributed by atoms with E-state index in [1.807, 2.05) is 13.2 Å². The van der Waals surface area contributed by atoms with Crippen molar-refractivity contribution in [1.82, 2.24) is 24.8 Å². The Balaban J connectivity index is 1.59. The van der Waals surface area contributed by atoms with E-state index >= 15 is 0 Å². The van der Waals surface area contributed by atoms with E-state index in [2.05, 4.69) is 30.2 Å². The molecule has 2 saturated heterocycles. The molecule has 4 heterocycles. The second-order valence-corrected chi connectivity index (χ2v) is 7.56. The number of hydrogen-bond acceptors (Lipinski definition) is 7. The van der Waals surface area contributed by atoms with Crippen molar-refractivity contribution in [3.63, 3.8) is 0 Å². The van der Waals surface area contributed by atoms with Gasteiger partial charge in [-0.2, -0.15) is 0 Å². The van der Waals surface area contributed by atoms with Gasteiger partial charge in [-0.05, 0) is 32.4 Å². The second-order valence-electron chi connectivity index (χ2n) is 7.16. The van der Waals surface area contributed by atoms with Gasteiger partial charge in [-0.1, -0.05) is 11.6 Å². The SMILES string of the molecule is Cn1c(-c2nc(N[C@@H]3CCOC[C@H]3O)ncc2Cl)cnc1C1CCNCC1. The van der Waals surface area contributed by atoms with Crippen molar-refractivity contribution in [2.45, 2.75) is 37.3 Å². The molecule has 2 aromatic heterocycles. The molecule has 0 amide bonds. The molecule has 9 heteroatoms. The smallest absolute Gasteiger partial charge is 0.223 e. The lowest BCUT2D eigenvalue weighted by Crippen LogP contribution is -2.42. The molecule has 0 bridgehead atoms. The Morgan fingerprint density at radius 1 is 1.26 bits per heavy atom. The third-order valence-electron chi connectivity index (χ3n) is 5.36. The fraction of sp³-hybridized carbons (Fsp3) is 0.611. The van der Waals surface area contributed by atoms with Crippen LogP contribution in [-0.4, -0.2) is 63.1 Å². The van der Waals surface area contributed by atoms with Crippen molar-refractivity contribution >= 4 is 17.5 Å². The third kappa shape index (κ3) is 3.94. The minimum absolute atomic E-state index is 0.135. The van der Waals surface area contributed by atoms with E-state index in [0.717, 1.165) is 37.4 Å². The third-order valence-corrected chi connectivity index (χ3v) is 5.63. The Morgan fingerprint density at radius 3 is 2.85 bits per heavy atom. The van der Waals surface area contributed by atoms with Crippen LogP contribution in [0.2, 0.25) is 5.02 Å². The Hall–Kier alpha value is -1.74. The topological polar surface area (TPSA) is 97.1 Å². The molecule has 2 fully saturated rings. The number of piperidine rings is 1. The number of hydrogen-bond donors (Lipinski definition) is 3. The van der Waals surface area contributed by atoms with Crippen LogP contribution in [0.1, 0.15) is 31.0 Å². The van der Waals surface area contributed by atoms with Crippen LogP contribution < -0.4 is 10.6 Å². The molecular formula is C18H25ClN6O2. The lowest BCUT2D eigenvalue weighted by Gasteiger charge is -2.28. The number of nitrogens with zero attached hydrogens (tertiary/aromatic N) is 4. The molecule has 146 valence electrons. The van der Waals surface area contributed by atoms with Crippen LogP contribution in [0.4, 0.5) is 5.95 Å². The first-order valence-corrected chi connectivity index (χ1v) is 9.79. The molecular weight excluding hydrogens is 368 g/mol. The molecule has 2 atom stereocenters. The first-order chi connectivity index (χ1) is 13.1. The van der Waals surface area contributed by atoms with Gasteiger partial charge in [0.25, 0.3) is 0 Å². The van der Waals surface area contributed by atoms with Crippen molar-refractivity contribution < 1.29 is 9.84 Å². The number of aliphatic hydroxyl groups is 1. The molecule has 0 spiro atoms. The Bertz CT molecular complexity index is 792. The van der Waals surface area contributed by atoms with Crippen LogP contribution in [0.25, 0.3) is 11.4 Å². The molecule has 2 aliphatic heterocycles. The number of nitrogens with one attached hydrogen (secondary N) is 2. The zero-order valence-electron chi connectivity index (χ0n) is 15.4. The van der Waals surface area contributed by atoms with Crippen molar-refractivity contribution in [1.29, 1.82) is 0 Å². The molecule has 2 aliphatic rings. The Kier molecular flexibility index (Phi) is 5.58. The average Bonchev–Trinajstić information content (AvgIpc) is 3.07. The van der Waals surface area contributed by atoms with Crippen molar-refractivity contribution in [2.24, 2.45) is 7.05 Å². The summed E-state index contributed by atoms with van der Waals surface area (Å²) in [7, 11) is 2.01. The maximum atomic E-state index is 10.1. The summed E-state index contributed by atoms with van der Waals surface area (Å²) in [6.07, 6.45) is 5.71. The van der Waals surface area contributed by atoms with E-state index in [4.69, 9.17) is 16.3 Å². The molecule has 0 unspecified atom stereocenters. The van der Waals surface area contributed by atoms with E-state index in [0.29, 0.717) is 42.2 Å². The number of ether oxygens (including phenoxy) is 1. The van der Waals surface area contributed by atoms with Gasteiger partial charge in [0, 0.05) is 19.6 Å². The van der Waals surface area contributed by atoms with Crippen molar-refractivity contribution in [3.8, 4) is 11.4 Å². The lowest BCUT2D eigenvalue weighted by atomic mass is 9.97. The normalized spacial score (nSPS) is 24.1. The molecule has 0 aliphatic carbocycles. The largest absolute Gasteiger partial charge is 0.389 e. The minimum atomic E-state index is -0.579. The van der Waals surface area contributed by atoms with Gasteiger partial charge >= 0.3 is 0 Å². The summed E-state index contributed by atoms with van der Waals surface area (Å²) in [5, 5.41) is 17.1. The zero-order chi connectivity index (χ0) is 18.8. The van der Waals surface area contributed by atoms with Gasteiger partial charge in [0.2, 0.25) is 5.95 Å². The average molecular weight is 393 g/mol. The molecule has 8 nitrogen and oxygen atoms in total. The quantitative estimate of drug-likeness (QED) is 0.726. The Labute approximate surface area is 163 Å². The van der Waals surface area contributed by atoms with Gasteiger partial charge in [-0.25, -0.2) is 15.0 Å². The van der Waals surface area contributed by atoms with Gasteiger partial charge in [0.05, 0.1) is 41.9 Å². The maximum Gasteiger partial charge on any atom is 0.223 e. The summed E-state index contributed by atoms with van der Waals surface area (Å²) < 4.78 is 7.35. The fourth-order valence-electron chi connectivity index (χ4n) is 3.78. The fourth-order valence-corrected chi connectivity index (χ4v) is 3.96. The van der Waals surface area contributed by atoms with E-state index < -0.39 is 6.10 Å². The summed E-state index contributed by atoms with van der Waals surface area (Å²) in [5.41, 5.74) is 1.51. The Morgan fingerprint density at radius 2 is 2.07 bits per heavy atom. The highest BCUT2D eigenvalue weighted by molar-refractivity contribution is 6.32. The van der Waals surface area contributed by atoms with E-state index in [1.54, 1.807) is 6.20 Å². The van der Waals surface area contributed by atoms with Gasteiger partial charge in [-0.3, -0.25) is 0 Å². The summed E-state index contributed by atoms with van der Waals surface area (Å²) in [6, 6.07) is -0.135. The number of rotatable bonds is 4. The zero-order valence-corrected chi connectivity index (χ0v) is 16.1. The van der Waals surface area contributed by atoms with Gasteiger partial charge in [0.1, 0.15) is 11.5 Å². The summed E-state index contributed by atoms with van der Waals surface area (Å²) in [4.78, 5) is 13.5. The number of aliphatic hydroxyl groups excluding tert-OH is 1. The molecule has 3 N–H and O–H groups in total. The highest BCUT2D eigenvalue weighted by atomic mass is 35.5. The van der Waals surface area contributed by atoms with Crippen LogP contribution in [-0.2, 0) is 11.8 Å². The highest BCUT2D eigenvalue weighted by Crippen LogP contribution is 2.31. The standard InChI is InChI=1S/C18H25ClN6O2/c1-25-14(9-21-17(25)11-2-5-20-6-3-11)16-12(19)8-22-18(24-16)23-13-4-7-27-10-15(13)26/h8-9,11,13,15,20,26H,2-7,10H2,1H3,(H,22,23,24)/t13-,15-/m1/s1. The maximum absolute atomic E-state index is 10.1. The first-order valence-electron chi connectivity index (χ1n) is 9.41. The first kappa shape index (κ1) is 18.6. The minimum Gasteiger partial charge on any atom is -0.389 e. The summed E-state index contributed by atoms with van der Waals surface area (Å²) in [6.45, 7) is 2.96. The van der Waals surface area contributed by atoms with Gasteiger partial charge in [0.15, 0.2) is 0 Å². The number of anilines is 1. The lowest BCUT2D eigenvalue weighted by molar-refractivity contribution is -0.0136. The van der Waals surface area contributed by atoms with E-state index in [-0.39, 0.29) is 6.04 Å². The highest BCUT2D eigenvalue weighted by Gasteiger charge is 2.25. The predicted octanol–water partition coefficient (Wildman–Crippen LogP) is 1.56. The number of imidazole rings is 1. The van der Waals surface area contributed by atoms with E-state index in [1.165, 1.54) is 0 Å². The van der Waals surface area contributed by atoms with Crippen LogP contribution in [0.5, 0.6) is 0 Å². The molecule has 2 aromatic rings. The van der Waals surface area contributed by atoms with Crippen LogP contribution in [0.3, 0.4) is 0 Å². The summed E-state index contributed by atoms with van der Waals surface area (Å²) >= 11 is 6.40. The van der Waals surface area contributed by atoms with E-state index in [9.17, 15) is 5.11 Å². The van der Waals surface area contributed by atoms with Gasteiger partial charge in [-0.15, -0.1) is 0 Å². The van der Waals surface area contributed by atoms with Crippen molar-refractivity contribution in [3.05, 3.63) is 23.2 Å². The number of halogens is 1. The molecule has 4 rings (SSSR count). The molecule has 0 radical (unpaired) electrons. The second kappa shape index (κ2) is 8.10. The number of aromatic nitrogens is 4. The van der Waals surface area contributed by atoms with Crippen molar-refractivity contribution in [2.75, 3.05) is 31.6 Å². The summed E-state index contributed by atoms with van der Waals surface area (Å²) in [5.74, 6) is 1.96. The van der Waals surface area contributed by atoms with Crippen LogP contribution >= 0.6 is 11.6 Å².